The highest BCUT2D eigenvalue weighted by molar-refractivity contribution is 5.74. The van der Waals surface area contributed by atoms with Crippen LogP contribution in [0.15, 0.2) is 33.5 Å². The van der Waals surface area contributed by atoms with Crippen molar-refractivity contribution in [2.24, 2.45) is 5.92 Å². The molecule has 0 aliphatic heterocycles. The maximum Gasteiger partial charge on any atom is 0.420 e. The van der Waals surface area contributed by atoms with Gasteiger partial charge in [0.25, 0.3) is 0 Å². The fraction of sp³-hybridized carbons (Fsp3) is 0.529. The van der Waals surface area contributed by atoms with Gasteiger partial charge in [-0.3, -0.25) is 4.57 Å². The van der Waals surface area contributed by atoms with Gasteiger partial charge in [-0.15, -0.1) is 0 Å². The number of benzene rings is 1. The van der Waals surface area contributed by atoms with Crippen LogP contribution in [0, 0.1) is 5.92 Å². The maximum atomic E-state index is 12.0. The summed E-state index contributed by atoms with van der Waals surface area (Å²) in [6.07, 6.45) is 4.00. The molecule has 1 fully saturated rings. The molecule has 7 nitrogen and oxygen atoms in total. The number of carbonyl (C=O) groups excluding carboxylic acids is 1. The van der Waals surface area contributed by atoms with Crippen molar-refractivity contribution in [2.45, 2.75) is 38.3 Å². The van der Waals surface area contributed by atoms with Gasteiger partial charge in [0.2, 0.25) is 0 Å². The van der Waals surface area contributed by atoms with Crippen molar-refractivity contribution >= 4 is 17.1 Å². The number of rotatable bonds is 5. The van der Waals surface area contributed by atoms with Crippen molar-refractivity contribution in [1.82, 2.24) is 15.2 Å². The molecule has 2 atom stereocenters. The van der Waals surface area contributed by atoms with Gasteiger partial charge in [-0.2, -0.15) is 0 Å². The third kappa shape index (κ3) is 3.62. The molecule has 0 saturated heterocycles. The molecule has 1 aromatic heterocycles. The highest BCUT2D eigenvalue weighted by Crippen LogP contribution is 2.23. The Balaban J connectivity index is 1.53. The van der Waals surface area contributed by atoms with Crippen molar-refractivity contribution in [3.8, 4) is 0 Å². The van der Waals surface area contributed by atoms with Gasteiger partial charge in [0, 0.05) is 31.7 Å². The average molecular weight is 333 g/mol. The fourth-order valence-electron chi connectivity index (χ4n) is 3.34. The second-order valence-electron chi connectivity index (χ2n) is 6.22. The summed E-state index contributed by atoms with van der Waals surface area (Å²) < 4.78 is 6.66. The molecular formula is C17H23N3O4. The van der Waals surface area contributed by atoms with Crippen LogP contribution in [-0.2, 0) is 6.54 Å². The highest BCUT2D eigenvalue weighted by Gasteiger charge is 2.25. The molecule has 2 amide bonds. The zero-order valence-electron chi connectivity index (χ0n) is 13.5. The minimum Gasteiger partial charge on any atom is -0.408 e. The van der Waals surface area contributed by atoms with E-state index in [-0.39, 0.29) is 24.6 Å². The van der Waals surface area contributed by atoms with Crippen molar-refractivity contribution in [3.63, 3.8) is 0 Å². The Bertz CT molecular complexity index is 752. The first-order chi connectivity index (χ1) is 11.7. The quantitative estimate of drug-likeness (QED) is 0.771. The van der Waals surface area contributed by atoms with Gasteiger partial charge >= 0.3 is 11.8 Å². The molecular weight excluding hydrogens is 310 g/mol. The molecule has 1 aliphatic carbocycles. The largest absolute Gasteiger partial charge is 0.420 e. The summed E-state index contributed by atoms with van der Waals surface area (Å²) in [5, 5.41) is 15.1. The molecule has 1 aromatic carbocycles. The number of fused-ring (bicyclic) bond motifs is 1. The summed E-state index contributed by atoms with van der Waals surface area (Å²) in [7, 11) is 0. The molecule has 3 N–H and O–H groups in total. The standard InChI is InChI=1S/C17H23N3O4/c21-11-12-5-1-2-6-13(12)19-16(22)18-9-10-20-14-7-3-4-8-15(14)24-17(20)23/h3-4,7-8,12-13,21H,1-2,5-6,9-11H2,(H2,18,19,22). The molecule has 0 spiro atoms. The molecule has 7 heteroatoms. The monoisotopic (exact) mass is 333 g/mol. The minimum atomic E-state index is -0.425. The molecule has 1 aliphatic rings. The maximum absolute atomic E-state index is 12.0. The number of aliphatic hydroxyl groups is 1. The van der Waals surface area contributed by atoms with E-state index in [0.29, 0.717) is 18.7 Å². The number of nitrogens with one attached hydrogen (secondary N) is 2. The van der Waals surface area contributed by atoms with Crippen LogP contribution in [0.5, 0.6) is 0 Å². The van der Waals surface area contributed by atoms with Gasteiger partial charge < -0.3 is 20.2 Å². The van der Waals surface area contributed by atoms with E-state index >= 15 is 0 Å². The van der Waals surface area contributed by atoms with E-state index in [1.54, 1.807) is 6.07 Å². The summed E-state index contributed by atoms with van der Waals surface area (Å²) in [5.41, 5.74) is 1.26. The lowest BCUT2D eigenvalue weighted by atomic mass is 9.85. The Kier molecular flexibility index (Phi) is 5.20. The van der Waals surface area contributed by atoms with Crippen LogP contribution < -0.4 is 16.4 Å². The molecule has 1 saturated carbocycles. The Morgan fingerprint density at radius 1 is 1.29 bits per heavy atom. The molecule has 0 bridgehead atoms. The molecule has 0 radical (unpaired) electrons. The topological polar surface area (TPSA) is 96.5 Å². The van der Waals surface area contributed by atoms with Crippen LogP contribution in [-0.4, -0.2) is 34.9 Å². The lowest BCUT2D eigenvalue weighted by Crippen LogP contribution is -2.48. The number of aromatic nitrogens is 1. The summed E-state index contributed by atoms with van der Waals surface area (Å²) >= 11 is 0. The van der Waals surface area contributed by atoms with Gasteiger partial charge in [0.15, 0.2) is 5.58 Å². The lowest BCUT2D eigenvalue weighted by molar-refractivity contribution is 0.153. The molecule has 3 rings (SSSR count). The van der Waals surface area contributed by atoms with Gasteiger partial charge in [-0.05, 0) is 25.0 Å². The van der Waals surface area contributed by atoms with E-state index in [1.807, 2.05) is 18.2 Å². The van der Waals surface area contributed by atoms with Crippen LogP contribution in [0.25, 0.3) is 11.1 Å². The van der Waals surface area contributed by atoms with Crippen LogP contribution in [0.2, 0.25) is 0 Å². The predicted octanol–water partition coefficient (Wildman–Crippen LogP) is 1.44. The number of urea groups is 1. The summed E-state index contributed by atoms with van der Waals surface area (Å²) in [6, 6.07) is 6.96. The second kappa shape index (κ2) is 7.53. The Morgan fingerprint density at radius 2 is 2.08 bits per heavy atom. The summed E-state index contributed by atoms with van der Waals surface area (Å²) in [5.74, 6) is -0.295. The molecule has 24 heavy (non-hydrogen) atoms. The SMILES string of the molecule is O=C(NCCn1c(=O)oc2ccccc21)NC1CCCCC1CO. The molecule has 2 unspecified atom stereocenters. The van der Waals surface area contributed by atoms with Gasteiger partial charge in [0.05, 0.1) is 5.52 Å². The number of nitrogens with zero attached hydrogens (tertiary/aromatic N) is 1. The summed E-state index contributed by atoms with van der Waals surface area (Å²) in [6.45, 7) is 0.768. The van der Waals surface area contributed by atoms with E-state index in [1.165, 1.54) is 4.57 Å². The zero-order chi connectivity index (χ0) is 16.9. The highest BCUT2D eigenvalue weighted by atomic mass is 16.4. The third-order valence-corrected chi connectivity index (χ3v) is 4.65. The van der Waals surface area contributed by atoms with Crippen molar-refractivity contribution < 1.29 is 14.3 Å². The normalized spacial score (nSPS) is 20.9. The first-order valence-electron chi connectivity index (χ1n) is 8.42. The average Bonchev–Trinajstić information content (AvgIpc) is 2.91. The van der Waals surface area contributed by atoms with E-state index in [0.717, 1.165) is 31.2 Å². The van der Waals surface area contributed by atoms with Crippen LogP contribution >= 0.6 is 0 Å². The smallest absolute Gasteiger partial charge is 0.408 e. The van der Waals surface area contributed by atoms with E-state index in [2.05, 4.69) is 10.6 Å². The Labute approximate surface area is 139 Å². The van der Waals surface area contributed by atoms with Crippen molar-refractivity contribution in [1.29, 1.82) is 0 Å². The number of para-hydroxylation sites is 2. The number of aliphatic hydroxyl groups excluding tert-OH is 1. The Morgan fingerprint density at radius 3 is 2.92 bits per heavy atom. The second-order valence-corrected chi connectivity index (χ2v) is 6.22. The van der Waals surface area contributed by atoms with Crippen LogP contribution in [0.4, 0.5) is 4.79 Å². The lowest BCUT2D eigenvalue weighted by Gasteiger charge is -2.30. The number of oxazole rings is 1. The number of carbonyl (C=O) groups is 1. The molecule has 130 valence electrons. The molecule has 2 aromatic rings. The van der Waals surface area contributed by atoms with Gasteiger partial charge in [-0.1, -0.05) is 25.0 Å². The van der Waals surface area contributed by atoms with E-state index in [4.69, 9.17) is 4.42 Å². The third-order valence-electron chi connectivity index (χ3n) is 4.65. The van der Waals surface area contributed by atoms with E-state index < -0.39 is 5.76 Å². The van der Waals surface area contributed by atoms with Crippen molar-refractivity contribution in [2.75, 3.05) is 13.2 Å². The zero-order valence-corrected chi connectivity index (χ0v) is 13.5. The minimum absolute atomic E-state index is 0.0150. The molecule has 1 heterocycles. The number of amides is 2. The first-order valence-corrected chi connectivity index (χ1v) is 8.42. The van der Waals surface area contributed by atoms with Crippen LogP contribution in [0.3, 0.4) is 0 Å². The predicted molar refractivity (Wildman–Crippen MR) is 89.8 cm³/mol. The Hall–Kier alpha value is -2.28. The fourth-order valence-corrected chi connectivity index (χ4v) is 3.34. The number of hydrogen-bond donors (Lipinski definition) is 3. The first kappa shape index (κ1) is 16.6. The van der Waals surface area contributed by atoms with Gasteiger partial charge in [-0.25, -0.2) is 9.59 Å². The number of hydrogen-bond acceptors (Lipinski definition) is 4. The van der Waals surface area contributed by atoms with Crippen LogP contribution in [0.1, 0.15) is 25.7 Å². The summed E-state index contributed by atoms with van der Waals surface area (Å²) in [4.78, 5) is 23.9. The van der Waals surface area contributed by atoms with E-state index in [9.17, 15) is 14.7 Å². The van der Waals surface area contributed by atoms with Gasteiger partial charge in [0.1, 0.15) is 0 Å². The van der Waals surface area contributed by atoms with Crippen molar-refractivity contribution in [3.05, 3.63) is 34.8 Å².